The molecular weight excluding hydrogens is 244 g/mol. The zero-order chi connectivity index (χ0) is 9.97. The minimum atomic E-state index is 0.274. The fourth-order valence-corrected chi connectivity index (χ4v) is 2.22. The van der Waals surface area contributed by atoms with Gasteiger partial charge in [-0.05, 0) is 17.5 Å². The Balaban J connectivity index is 1.96. The van der Waals surface area contributed by atoms with E-state index in [2.05, 4.69) is 20.9 Å². The molecule has 0 saturated carbocycles. The summed E-state index contributed by atoms with van der Waals surface area (Å²) >= 11 is 3.42. The number of likely N-dealkylation sites (tertiary alicyclic amines) is 1. The van der Waals surface area contributed by atoms with Gasteiger partial charge in [0.1, 0.15) is 0 Å². The number of carbonyl (C=O) groups is 1. The number of nitrogens with one attached hydrogen (secondary N) is 1. The molecule has 0 radical (unpaired) electrons. The van der Waals surface area contributed by atoms with Gasteiger partial charge >= 0.3 is 0 Å². The van der Waals surface area contributed by atoms with E-state index in [1.165, 1.54) is 5.56 Å². The van der Waals surface area contributed by atoms with Crippen LogP contribution in [0.1, 0.15) is 12.0 Å². The summed E-state index contributed by atoms with van der Waals surface area (Å²) in [5, 5.41) is 0.919. The predicted molar refractivity (Wildman–Crippen MR) is 58.1 cm³/mol. The van der Waals surface area contributed by atoms with E-state index in [1.807, 2.05) is 23.4 Å². The van der Waals surface area contributed by atoms with Gasteiger partial charge in [0.15, 0.2) is 0 Å². The van der Waals surface area contributed by atoms with Crippen LogP contribution in [0.15, 0.2) is 18.5 Å². The number of aromatic nitrogens is 1. The number of alkyl halides is 1. The summed E-state index contributed by atoms with van der Waals surface area (Å²) in [6.07, 6.45) is 4.52. The van der Waals surface area contributed by atoms with Gasteiger partial charge in [-0.25, -0.2) is 0 Å². The quantitative estimate of drug-likeness (QED) is 0.823. The molecule has 1 aromatic rings. The van der Waals surface area contributed by atoms with E-state index < -0.39 is 0 Å². The molecule has 0 spiro atoms. The molecule has 0 bridgehead atoms. The van der Waals surface area contributed by atoms with Crippen LogP contribution < -0.4 is 0 Å². The van der Waals surface area contributed by atoms with E-state index in [1.54, 1.807) is 0 Å². The molecule has 3 nitrogen and oxygen atoms in total. The van der Waals surface area contributed by atoms with Crippen molar-refractivity contribution in [1.29, 1.82) is 0 Å². The third-order valence-corrected chi connectivity index (χ3v) is 3.46. The first kappa shape index (κ1) is 9.77. The fraction of sp³-hybridized carbons (Fsp3) is 0.500. The lowest BCUT2D eigenvalue weighted by Gasteiger charge is -2.14. The van der Waals surface area contributed by atoms with Crippen LogP contribution >= 0.6 is 15.9 Å². The van der Waals surface area contributed by atoms with Crippen molar-refractivity contribution in [3.63, 3.8) is 0 Å². The van der Waals surface area contributed by atoms with E-state index in [0.717, 1.165) is 18.4 Å². The Hall–Kier alpha value is -0.770. The van der Waals surface area contributed by atoms with Crippen molar-refractivity contribution in [2.45, 2.75) is 13.0 Å². The van der Waals surface area contributed by atoms with E-state index in [9.17, 15) is 4.79 Å². The molecule has 0 aromatic carbocycles. The maximum atomic E-state index is 11.6. The van der Waals surface area contributed by atoms with E-state index >= 15 is 0 Å². The molecule has 76 valence electrons. The Kier molecular flexibility index (Phi) is 2.91. The zero-order valence-electron chi connectivity index (χ0n) is 7.87. The SMILES string of the molecule is O=C1CC(CBr)CN1Cc1cc[nH]c1. The van der Waals surface area contributed by atoms with Crippen LogP contribution in [0.25, 0.3) is 0 Å². The zero-order valence-corrected chi connectivity index (χ0v) is 9.46. The Morgan fingerprint density at radius 1 is 1.64 bits per heavy atom. The summed E-state index contributed by atoms with van der Waals surface area (Å²) in [7, 11) is 0. The summed E-state index contributed by atoms with van der Waals surface area (Å²) in [5.74, 6) is 0.761. The molecule has 1 aliphatic rings. The van der Waals surface area contributed by atoms with Crippen molar-refractivity contribution in [2.75, 3.05) is 11.9 Å². The number of hydrogen-bond donors (Lipinski definition) is 1. The highest BCUT2D eigenvalue weighted by atomic mass is 79.9. The fourth-order valence-electron chi connectivity index (χ4n) is 1.79. The van der Waals surface area contributed by atoms with Gasteiger partial charge in [-0.3, -0.25) is 4.79 Å². The molecule has 2 rings (SSSR count). The third kappa shape index (κ3) is 2.00. The Morgan fingerprint density at radius 3 is 3.07 bits per heavy atom. The maximum absolute atomic E-state index is 11.6. The minimum absolute atomic E-state index is 0.274. The van der Waals surface area contributed by atoms with E-state index in [4.69, 9.17) is 0 Å². The Morgan fingerprint density at radius 2 is 2.50 bits per heavy atom. The van der Waals surface area contributed by atoms with Crippen LogP contribution in [0.5, 0.6) is 0 Å². The first-order valence-electron chi connectivity index (χ1n) is 4.75. The lowest BCUT2D eigenvalue weighted by molar-refractivity contribution is -0.128. The standard InChI is InChI=1S/C10H13BrN2O/c11-4-9-3-10(14)13(7-9)6-8-1-2-12-5-8/h1-2,5,9,12H,3-4,6-7H2. The number of hydrogen-bond acceptors (Lipinski definition) is 1. The van der Waals surface area contributed by atoms with Crippen molar-refractivity contribution in [1.82, 2.24) is 9.88 Å². The Bertz CT molecular complexity index is 310. The van der Waals surface area contributed by atoms with Gasteiger partial charge in [0.05, 0.1) is 0 Å². The van der Waals surface area contributed by atoms with Gasteiger partial charge in [0.2, 0.25) is 5.91 Å². The number of aromatic amines is 1. The number of carbonyl (C=O) groups excluding carboxylic acids is 1. The Labute approximate surface area is 91.6 Å². The van der Waals surface area contributed by atoms with Crippen molar-refractivity contribution < 1.29 is 4.79 Å². The first-order valence-corrected chi connectivity index (χ1v) is 5.87. The van der Waals surface area contributed by atoms with Crippen LogP contribution in [-0.4, -0.2) is 27.7 Å². The number of H-pyrrole nitrogens is 1. The molecule has 1 fully saturated rings. The molecule has 0 aliphatic carbocycles. The predicted octanol–water partition coefficient (Wildman–Crippen LogP) is 1.76. The summed E-state index contributed by atoms with van der Waals surface area (Å²) in [6.45, 7) is 1.63. The molecular formula is C10H13BrN2O. The summed E-state index contributed by atoms with van der Waals surface area (Å²) in [6, 6.07) is 2.01. The molecule has 14 heavy (non-hydrogen) atoms. The number of amides is 1. The van der Waals surface area contributed by atoms with Gasteiger partial charge in [-0.15, -0.1) is 0 Å². The van der Waals surface area contributed by atoms with Crippen LogP contribution in [0, 0.1) is 5.92 Å². The molecule has 1 saturated heterocycles. The molecule has 1 unspecified atom stereocenters. The summed E-state index contributed by atoms with van der Waals surface area (Å²) in [5.41, 5.74) is 1.17. The number of rotatable bonds is 3. The van der Waals surface area contributed by atoms with Gasteiger partial charge in [0.25, 0.3) is 0 Å². The third-order valence-electron chi connectivity index (χ3n) is 2.55. The van der Waals surface area contributed by atoms with Crippen molar-refractivity contribution >= 4 is 21.8 Å². The second-order valence-corrected chi connectivity index (χ2v) is 4.37. The number of nitrogens with zero attached hydrogens (tertiary/aromatic N) is 1. The highest BCUT2D eigenvalue weighted by Crippen LogP contribution is 2.21. The van der Waals surface area contributed by atoms with Crippen molar-refractivity contribution in [3.8, 4) is 0 Å². The average molecular weight is 257 g/mol. The summed E-state index contributed by atoms with van der Waals surface area (Å²) < 4.78 is 0. The van der Waals surface area contributed by atoms with E-state index in [0.29, 0.717) is 12.3 Å². The normalized spacial score (nSPS) is 21.9. The lowest BCUT2D eigenvalue weighted by atomic mass is 10.2. The highest BCUT2D eigenvalue weighted by molar-refractivity contribution is 9.09. The van der Waals surface area contributed by atoms with Crippen molar-refractivity contribution in [2.24, 2.45) is 5.92 Å². The van der Waals surface area contributed by atoms with Gasteiger partial charge in [-0.1, -0.05) is 15.9 Å². The van der Waals surface area contributed by atoms with Crippen LogP contribution in [0.2, 0.25) is 0 Å². The molecule has 1 N–H and O–H groups in total. The van der Waals surface area contributed by atoms with Crippen molar-refractivity contribution in [3.05, 3.63) is 24.0 Å². The number of halogens is 1. The van der Waals surface area contributed by atoms with Crippen LogP contribution in [0.3, 0.4) is 0 Å². The molecule has 1 amide bonds. The van der Waals surface area contributed by atoms with Crippen LogP contribution in [-0.2, 0) is 11.3 Å². The van der Waals surface area contributed by atoms with Crippen LogP contribution in [0.4, 0.5) is 0 Å². The van der Waals surface area contributed by atoms with Gasteiger partial charge < -0.3 is 9.88 Å². The summed E-state index contributed by atoms with van der Waals surface area (Å²) in [4.78, 5) is 16.5. The second kappa shape index (κ2) is 4.17. The molecule has 1 aliphatic heterocycles. The smallest absolute Gasteiger partial charge is 0.223 e. The monoisotopic (exact) mass is 256 g/mol. The minimum Gasteiger partial charge on any atom is -0.367 e. The second-order valence-electron chi connectivity index (χ2n) is 3.72. The molecule has 4 heteroatoms. The average Bonchev–Trinajstić information content (AvgIpc) is 2.78. The van der Waals surface area contributed by atoms with Gasteiger partial charge in [0, 0.05) is 37.2 Å². The first-order chi connectivity index (χ1) is 6.79. The maximum Gasteiger partial charge on any atom is 0.223 e. The lowest BCUT2D eigenvalue weighted by Crippen LogP contribution is -2.24. The largest absolute Gasteiger partial charge is 0.367 e. The van der Waals surface area contributed by atoms with E-state index in [-0.39, 0.29) is 5.91 Å². The highest BCUT2D eigenvalue weighted by Gasteiger charge is 2.28. The molecule has 1 aromatic heterocycles. The topological polar surface area (TPSA) is 36.1 Å². The van der Waals surface area contributed by atoms with Gasteiger partial charge in [-0.2, -0.15) is 0 Å². The molecule has 1 atom stereocenters. The molecule has 2 heterocycles.